The molecule has 90 valence electrons. The Balaban J connectivity index is 2.58. The summed E-state index contributed by atoms with van der Waals surface area (Å²) < 4.78 is 5.02. The first-order valence-corrected chi connectivity index (χ1v) is 5.54. The zero-order chi connectivity index (χ0) is 11.8. The van der Waals surface area contributed by atoms with Gasteiger partial charge in [-0.2, -0.15) is 0 Å². The predicted molar refractivity (Wildman–Crippen MR) is 66.0 cm³/mol. The third-order valence-corrected chi connectivity index (χ3v) is 2.20. The normalized spacial score (nSPS) is 10.2. The molecule has 0 aliphatic rings. The van der Waals surface area contributed by atoms with Crippen molar-refractivity contribution in [1.82, 2.24) is 9.97 Å². The molecular weight excluding hydrogens is 204 g/mol. The standard InChI is InChI=1S/C11H20N4O/c1-4-5-13-10-8-12-9-11(14-10)15(2)6-7-16-3/h8-9H,4-7H2,1-3H3,(H,13,14). The number of nitrogens with zero attached hydrogens (tertiary/aromatic N) is 3. The Hall–Kier alpha value is -1.36. The molecule has 0 atom stereocenters. The van der Waals surface area contributed by atoms with Crippen molar-refractivity contribution in [2.24, 2.45) is 0 Å². The van der Waals surface area contributed by atoms with E-state index in [0.29, 0.717) is 6.61 Å². The minimum absolute atomic E-state index is 0.685. The van der Waals surface area contributed by atoms with Crippen LogP contribution in [-0.2, 0) is 4.74 Å². The van der Waals surface area contributed by atoms with Crippen molar-refractivity contribution < 1.29 is 4.74 Å². The molecule has 16 heavy (non-hydrogen) atoms. The highest BCUT2D eigenvalue weighted by Crippen LogP contribution is 2.10. The van der Waals surface area contributed by atoms with E-state index < -0.39 is 0 Å². The number of hydrogen-bond donors (Lipinski definition) is 1. The monoisotopic (exact) mass is 224 g/mol. The molecule has 0 amide bonds. The number of ether oxygens (including phenoxy) is 1. The van der Waals surface area contributed by atoms with Gasteiger partial charge < -0.3 is 15.0 Å². The van der Waals surface area contributed by atoms with Gasteiger partial charge in [-0.1, -0.05) is 6.92 Å². The number of hydrogen-bond acceptors (Lipinski definition) is 5. The zero-order valence-corrected chi connectivity index (χ0v) is 10.2. The highest BCUT2D eigenvalue weighted by atomic mass is 16.5. The summed E-state index contributed by atoms with van der Waals surface area (Å²) in [5, 5.41) is 3.21. The van der Waals surface area contributed by atoms with Crippen molar-refractivity contribution in [1.29, 1.82) is 0 Å². The summed E-state index contributed by atoms with van der Waals surface area (Å²) in [5.41, 5.74) is 0. The lowest BCUT2D eigenvalue weighted by Gasteiger charge is -2.17. The van der Waals surface area contributed by atoms with Crippen LogP contribution in [0.4, 0.5) is 11.6 Å². The summed E-state index contributed by atoms with van der Waals surface area (Å²) in [5.74, 6) is 1.68. The van der Waals surface area contributed by atoms with Crippen LogP contribution in [0.15, 0.2) is 12.4 Å². The summed E-state index contributed by atoms with van der Waals surface area (Å²) in [6.45, 7) is 4.53. The molecule has 0 aromatic carbocycles. The summed E-state index contributed by atoms with van der Waals surface area (Å²) in [6, 6.07) is 0. The lowest BCUT2D eigenvalue weighted by molar-refractivity contribution is 0.206. The average molecular weight is 224 g/mol. The third kappa shape index (κ3) is 4.02. The molecular formula is C11H20N4O. The third-order valence-electron chi connectivity index (χ3n) is 2.20. The first-order valence-electron chi connectivity index (χ1n) is 5.54. The van der Waals surface area contributed by atoms with Gasteiger partial charge in [0.05, 0.1) is 19.0 Å². The number of aromatic nitrogens is 2. The topological polar surface area (TPSA) is 50.3 Å². The fourth-order valence-electron chi connectivity index (χ4n) is 1.22. The molecule has 0 spiro atoms. The minimum atomic E-state index is 0.685. The number of anilines is 2. The van der Waals surface area contributed by atoms with Crippen LogP contribution < -0.4 is 10.2 Å². The van der Waals surface area contributed by atoms with Crippen LogP contribution in [0.1, 0.15) is 13.3 Å². The van der Waals surface area contributed by atoms with Crippen molar-refractivity contribution in [3.05, 3.63) is 12.4 Å². The zero-order valence-electron chi connectivity index (χ0n) is 10.2. The smallest absolute Gasteiger partial charge is 0.149 e. The van der Waals surface area contributed by atoms with E-state index in [1.54, 1.807) is 19.5 Å². The fourth-order valence-corrected chi connectivity index (χ4v) is 1.22. The van der Waals surface area contributed by atoms with E-state index in [0.717, 1.165) is 31.1 Å². The Morgan fingerprint density at radius 3 is 2.94 bits per heavy atom. The first-order chi connectivity index (χ1) is 7.77. The minimum Gasteiger partial charge on any atom is -0.383 e. The Labute approximate surface area is 96.8 Å². The Morgan fingerprint density at radius 1 is 1.44 bits per heavy atom. The number of rotatable bonds is 7. The predicted octanol–water partition coefficient (Wildman–Crippen LogP) is 1.38. The molecule has 0 unspecified atom stereocenters. The molecule has 0 bridgehead atoms. The van der Waals surface area contributed by atoms with Gasteiger partial charge in [-0.3, -0.25) is 4.98 Å². The molecule has 0 aliphatic carbocycles. The molecule has 0 saturated heterocycles. The van der Waals surface area contributed by atoms with E-state index in [1.807, 2.05) is 11.9 Å². The van der Waals surface area contributed by atoms with Gasteiger partial charge in [0, 0.05) is 27.2 Å². The molecule has 0 radical (unpaired) electrons. The van der Waals surface area contributed by atoms with Crippen LogP contribution in [-0.4, -0.2) is 43.8 Å². The Bertz CT molecular complexity index is 306. The number of nitrogens with one attached hydrogen (secondary N) is 1. The number of likely N-dealkylation sites (N-methyl/N-ethyl adjacent to an activating group) is 1. The summed E-state index contributed by atoms with van der Waals surface area (Å²) in [7, 11) is 3.67. The van der Waals surface area contributed by atoms with Crippen LogP contribution in [0.2, 0.25) is 0 Å². The molecule has 0 fully saturated rings. The Kier molecular flexibility index (Phi) is 5.56. The summed E-state index contributed by atoms with van der Waals surface area (Å²) >= 11 is 0. The fraction of sp³-hybridized carbons (Fsp3) is 0.636. The molecule has 5 nitrogen and oxygen atoms in total. The highest BCUT2D eigenvalue weighted by Gasteiger charge is 2.03. The molecule has 1 heterocycles. The molecule has 5 heteroatoms. The molecule has 1 rings (SSSR count). The maximum Gasteiger partial charge on any atom is 0.149 e. The van der Waals surface area contributed by atoms with Crippen LogP contribution in [0.25, 0.3) is 0 Å². The van der Waals surface area contributed by atoms with Gasteiger partial charge >= 0.3 is 0 Å². The maximum atomic E-state index is 5.02. The highest BCUT2D eigenvalue weighted by molar-refractivity contribution is 5.43. The average Bonchev–Trinajstić information content (AvgIpc) is 2.33. The SMILES string of the molecule is CCCNc1cncc(N(C)CCOC)n1. The molecule has 1 aromatic heterocycles. The lowest BCUT2D eigenvalue weighted by atomic mass is 10.4. The second-order valence-electron chi connectivity index (χ2n) is 3.60. The van der Waals surface area contributed by atoms with E-state index in [9.17, 15) is 0 Å². The van der Waals surface area contributed by atoms with Crippen molar-refractivity contribution in [3.63, 3.8) is 0 Å². The van der Waals surface area contributed by atoms with Gasteiger partial charge in [0.15, 0.2) is 0 Å². The quantitative estimate of drug-likeness (QED) is 0.758. The molecule has 1 N–H and O–H groups in total. The van der Waals surface area contributed by atoms with Crippen molar-refractivity contribution in [2.45, 2.75) is 13.3 Å². The van der Waals surface area contributed by atoms with E-state index >= 15 is 0 Å². The van der Waals surface area contributed by atoms with E-state index in [2.05, 4.69) is 22.2 Å². The Morgan fingerprint density at radius 2 is 2.25 bits per heavy atom. The van der Waals surface area contributed by atoms with Crippen molar-refractivity contribution >= 4 is 11.6 Å². The lowest BCUT2D eigenvalue weighted by Crippen LogP contribution is -2.23. The first kappa shape index (κ1) is 12.7. The van der Waals surface area contributed by atoms with Gasteiger partial charge in [-0.25, -0.2) is 4.98 Å². The van der Waals surface area contributed by atoms with E-state index in [-0.39, 0.29) is 0 Å². The van der Waals surface area contributed by atoms with Crippen LogP contribution in [0.3, 0.4) is 0 Å². The second kappa shape index (κ2) is 7.00. The van der Waals surface area contributed by atoms with Gasteiger partial charge in [-0.05, 0) is 6.42 Å². The van der Waals surface area contributed by atoms with Crippen LogP contribution in [0, 0.1) is 0 Å². The van der Waals surface area contributed by atoms with Crippen LogP contribution >= 0.6 is 0 Å². The van der Waals surface area contributed by atoms with Crippen molar-refractivity contribution in [2.75, 3.05) is 44.1 Å². The van der Waals surface area contributed by atoms with Gasteiger partial charge in [0.2, 0.25) is 0 Å². The second-order valence-corrected chi connectivity index (χ2v) is 3.60. The molecule has 0 saturated carbocycles. The van der Waals surface area contributed by atoms with Gasteiger partial charge in [0.25, 0.3) is 0 Å². The van der Waals surface area contributed by atoms with E-state index in [1.165, 1.54) is 0 Å². The largest absolute Gasteiger partial charge is 0.383 e. The molecule has 1 aromatic rings. The maximum absolute atomic E-state index is 5.02. The van der Waals surface area contributed by atoms with Gasteiger partial charge in [0.1, 0.15) is 11.6 Å². The summed E-state index contributed by atoms with van der Waals surface area (Å²) in [4.78, 5) is 10.6. The summed E-state index contributed by atoms with van der Waals surface area (Å²) in [6.07, 6.45) is 4.57. The van der Waals surface area contributed by atoms with Crippen molar-refractivity contribution in [3.8, 4) is 0 Å². The molecule has 0 aliphatic heterocycles. The number of methoxy groups -OCH3 is 1. The van der Waals surface area contributed by atoms with Crippen LogP contribution in [0.5, 0.6) is 0 Å². The van der Waals surface area contributed by atoms with Gasteiger partial charge in [-0.15, -0.1) is 0 Å². The van der Waals surface area contributed by atoms with E-state index in [4.69, 9.17) is 4.74 Å².